The molecular weight excluding hydrogens is 314 g/mol. The van der Waals surface area contributed by atoms with Crippen LogP contribution < -0.4 is 10.1 Å². The van der Waals surface area contributed by atoms with Crippen LogP contribution in [-0.2, 0) is 6.42 Å². The van der Waals surface area contributed by atoms with Crippen LogP contribution in [0.2, 0.25) is 0 Å². The first-order valence-corrected chi connectivity index (χ1v) is 7.70. The number of hydrogen-bond acceptors (Lipinski definition) is 2. The third kappa shape index (κ3) is 2.74. The molecule has 2 nitrogen and oxygen atoms in total. The topological polar surface area (TPSA) is 21.3 Å². The molecule has 1 N–H and O–H groups in total. The van der Waals surface area contributed by atoms with Crippen LogP contribution in [0.1, 0.15) is 17.0 Å². The normalized spacial score (nSPS) is 18.4. The summed E-state index contributed by atoms with van der Waals surface area (Å²) in [6.07, 6.45) is 1.01. The number of nitrogens with one attached hydrogen (secondary N) is 1. The number of halogens is 1. The Bertz CT molecular complexity index is 582. The summed E-state index contributed by atoms with van der Waals surface area (Å²) >= 11 is 3.48. The fourth-order valence-corrected chi connectivity index (χ4v) is 3.10. The zero-order valence-electron chi connectivity index (χ0n) is 11.5. The second-order valence-corrected chi connectivity index (χ2v) is 6.10. The summed E-state index contributed by atoms with van der Waals surface area (Å²) < 4.78 is 6.93. The van der Waals surface area contributed by atoms with Crippen molar-refractivity contribution in [3.63, 3.8) is 0 Å². The molecule has 2 aromatic carbocycles. The molecule has 3 heteroatoms. The van der Waals surface area contributed by atoms with Gasteiger partial charge in [-0.2, -0.15) is 0 Å². The Morgan fingerprint density at radius 3 is 2.70 bits per heavy atom. The van der Waals surface area contributed by atoms with Crippen molar-refractivity contribution in [2.24, 2.45) is 0 Å². The van der Waals surface area contributed by atoms with E-state index in [1.165, 1.54) is 11.1 Å². The van der Waals surface area contributed by atoms with Crippen LogP contribution >= 0.6 is 15.9 Å². The standard InChI is InChI=1S/C17H18BrNO/c1-19-16(10-12-6-8-13(18)9-7-12)15-11-20-17-5-3-2-4-14(15)17/h2-9,15-16,19H,10-11H2,1H3. The highest BCUT2D eigenvalue weighted by molar-refractivity contribution is 9.10. The van der Waals surface area contributed by atoms with Crippen molar-refractivity contribution >= 4 is 15.9 Å². The second kappa shape index (κ2) is 5.98. The van der Waals surface area contributed by atoms with E-state index < -0.39 is 0 Å². The van der Waals surface area contributed by atoms with Gasteiger partial charge in [0, 0.05) is 22.0 Å². The Hall–Kier alpha value is -1.32. The predicted molar refractivity (Wildman–Crippen MR) is 85.4 cm³/mol. The van der Waals surface area contributed by atoms with Crippen molar-refractivity contribution in [3.05, 3.63) is 64.1 Å². The lowest BCUT2D eigenvalue weighted by Gasteiger charge is -2.22. The molecule has 2 unspecified atom stereocenters. The van der Waals surface area contributed by atoms with Crippen LogP contribution in [-0.4, -0.2) is 19.7 Å². The van der Waals surface area contributed by atoms with Crippen molar-refractivity contribution < 1.29 is 4.74 Å². The third-order valence-electron chi connectivity index (χ3n) is 3.96. The van der Waals surface area contributed by atoms with Gasteiger partial charge in [0.1, 0.15) is 5.75 Å². The van der Waals surface area contributed by atoms with Crippen molar-refractivity contribution in [1.82, 2.24) is 5.32 Å². The number of rotatable bonds is 4. The van der Waals surface area contributed by atoms with Gasteiger partial charge in [0.05, 0.1) is 6.61 Å². The van der Waals surface area contributed by atoms with Crippen LogP contribution in [0, 0.1) is 0 Å². The summed E-state index contributed by atoms with van der Waals surface area (Å²) in [7, 11) is 2.03. The average Bonchev–Trinajstić information content (AvgIpc) is 2.91. The minimum Gasteiger partial charge on any atom is -0.493 e. The summed E-state index contributed by atoms with van der Waals surface area (Å²) in [5, 5.41) is 3.46. The van der Waals surface area contributed by atoms with Gasteiger partial charge in [0.15, 0.2) is 0 Å². The zero-order chi connectivity index (χ0) is 13.9. The van der Waals surface area contributed by atoms with E-state index in [1.807, 2.05) is 13.1 Å². The van der Waals surface area contributed by atoms with Gasteiger partial charge in [-0.15, -0.1) is 0 Å². The first-order chi connectivity index (χ1) is 9.78. The van der Waals surface area contributed by atoms with E-state index in [4.69, 9.17) is 4.74 Å². The van der Waals surface area contributed by atoms with Crippen LogP contribution in [0.25, 0.3) is 0 Å². The lowest BCUT2D eigenvalue weighted by molar-refractivity contribution is 0.302. The molecular formula is C17H18BrNO. The lowest BCUT2D eigenvalue weighted by Crippen LogP contribution is -2.35. The summed E-state index contributed by atoms with van der Waals surface area (Å²) in [4.78, 5) is 0. The summed E-state index contributed by atoms with van der Waals surface area (Å²) in [5.74, 6) is 1.45. The van der Waals surface area contributed by atoms with Crippen LogP contribution in [0.4, 0.5) is 0 Å². The Morgan fingerprint density at radius 2 is 1.95 bits per heavy atom. The van der Waals surface area contributed by atoms with E-state index in [-0.39, 0.29) is 0 Å². The van der Waals surface area contributed by atoms with Crippen molar-refractivity contribution in [1.29, 1.82) is 0 Å². The van der Waals surface area contributed by atoms with E-state index in [1.54, 1.807) is 0 Å². The molecule has 0 saturated carbocycles. The smallest absolute Gasteiger partial charge is 0.122 e. The first kappa shape index (κ1) is 13.7. The molecule has 3 rings (SSSR count). The van der Waals surface area contributed by atoms with Crippen molar-refractivity contribution in [3.8, 4) is 5.75 Å². The zero-order valence-corrected chi connectivity index (χ0v) is 13.1. The van der Waals surface area contributed by atoms with Crippen LogP contribution in [0.15, 0.2) is 53.0 Å². The van der Waals surface area contributed by atoms with E-state index in [0.29, 0.717) is 12.0 Å². The summed E-state index contributed by atoms with van der Waals surface area (Å²) in [6, 6.07) is 17.3. The predicted octanol–water partition coefficient (Wildman–Crippen LogP) is 3.76. The van der Waals surface area contributed by atoms with Crippen LogP contribution in [0.5, 0.6) is 5.75 Å². The van der Waals surface area contributed by atoms with Gasteiger partial charge in [-0.3, -0.25) is 0 Å². The van der Waals surface area contributed by atoms with Gasteiger partial charge >= 0.3 is 0 Å². The molecule has 2 atom stereocenters. The van der Waals surface area contributed by atoms with E-state index >= 15 is 0 Å². The highest BCUT2D eigenvalue weighted by Crippen LogP contribution is 2.36. The largest absolute Gasteiger partial charge is 0.493 e. The van der Waals surface area contributed by atoms with Gasteiger partial charge in [0.25, 0.3) is 0 Å². The Balaban J connectivity index is 1.79. The van der Waals surface area contributed by atoms with Gasteiger partial charge < -0.3 is 10.1 Å². The molecule has 0 saturated heterocycles. The minimum atomic E-state index is 0.389. The quantitative estimate of drug-likeness (QED) is 0.921. The number of likely N-dealkylation sites (N-methyl/N-ethyl adjacent to an activating group) is 1. The van der Waals surface area contributed by atoms with Crippen molar-refractivity contribution in [2.45, 2.75) is 18.4 Å². The highest BCUT2D eigenvalue weighted by atomic mass is 79.9. The SMILES string of the molecule is CNC(Cc1ccc(Br)cc1)C1COc2ccccc21. The van der Waals surface area contributed by atoms with Gasteiger partial charge in [-0.05, 0) is 37.2 Å². The Morgan fingerprint density at radius 1 is 1.20 bits per heavy atom. The van der Waals surface area contributed by atoms with Gasteiger partial charge in [0.2, 0.25) is 0 Å². The molecule has 20 heavy (non-hydrogen) atoms. The Labute approximate surface area is 128 Å². The number of fused-ring (bicyclic) bond motifs is 1. The third-order valence-corrected chi connectivity index (χ3v) is 4.49. The molecule has 2 aromatic rings. The molecule has 0 aromatic heterocycles. The molecule has 1 aliphatic rings. The minimum absolute atomic E-state index is 0.389. The molecule has 0 bridgehead atoms. The average molecular weight is 332 g/mol. The number of para-hydroxylation sites is 1. The second-order valence-electron chi connectivity index (χ2n) is 5.18. The molecule has 0 aliphatic carbocycles. The summed E-state index contributed by atoms with van der Waals surface area (Å²) in [6.45, 7) is 0.765. The summed E-state index contributed by atoms with van der Waals surface area (Å²) in [5.41, 5.74) is 2.67. The first-order valence-electron chi connectivity index (χ1n) is 6.91. The molecule has 104 valence electrons. The van der Waals surface area contributed by atoms with Gasteiger partial charge in [-0.25, -0.2) is 0 Å². The lowest BCUT2D eigenvalue weighted by atomic mass is 9.89. The van der Waals surface area contributed by atoms with E-state index in [9.17, 15) is 0 Å². The monoisotopic (exact) mass is 331 g/mol. The van der Waals surface area contributed by atoms with Gasteiger partial charge in [-0.1, -0.05) is 46.3 Å². The van der Waals surface area contributed by atoms with Crippen LogP contribution in [0.3, 0.4) is 0 Å². The number of benzene rings is 2. The highest BCUT2D eigenvalue weighted by Gasteiger charge is 2.30. The maximum atomic E-state index is 5.80. The molecule has 0 amide bonds. The van der Waals surface area contributed by atoms with Crippen molar-refractivity contribution in [2.75, 3.05) is 13.7 Å². The Kier molecular flexibility index (Phi) is 4.08. The molecule has 0 radical (unpaired) electrons. The fourth-order valence-electron chi connectivity index (χ4n) is 2.84. The van der Waals surface area contributed by atoms with E-state index in [0.717, 1.165) is 23.2 Å². The molecule has 1 aliphatic heterocycles. The molecule has 1 heterocycles. The molecule has 0 spiro atoms. The maximum absolute atomic E-state index is 5.80. The fraction of sp³-hybridized carbons (Fsp3) is 0.294. The number of hydrogen-bond donors (Lipinski definition) is 1. The van der Waals surface area contributed by atoms with E-state index in [2.05, 4.69) is 63.7 Å². The maximum Gasteiger partial charge on any atom is 0.122 e. The molecule has 0 fully saturated rings. The number of ether oxygens (including phenoxy) is 1.